The van der Waals surface area contributed by atoms with Crippen LogP contribution in [0.5, 0.6) is 5.75 Å². The van der Waals surface area contributed by atoms with Crippen molar-refractivity contribution in [2.75, 3.05) is 11.3 Å². The molecule has 7 nitrogen and oxygen atoms in total. The topological polar surface area (TPSA) is 118 Å². The van der Waals surface area contributed by atoms with Crippen LogP contribution in [0.3, 0.4) is 0 Å². The molecule has 0 saturated heterocycles. The number of nitrogens with zero attached hydrogens (tertiary/aromatic N) is 2. The third kappa shape index (κ3) is 5.37. The molecule has 0 spiro atoms. The van der Waals surface area contributed by atoms with Crippen molar-refractivity contribution in [1.29, 1.82) is 5.26 Å². The molecular weight excluding hydrogens is 400 g/mol. The van der Waals surface area contributed by atoms with Gasteiger partial charge in [-0.25, -0.2) is 8.42 Å². The number of nitrogens with two attached hydrogens (primary N) is 1. The number of ether oxygens (including phenoxy) is 1. The smallest absolute Gasteiger partial charge is 0.263 e. The van der Waals surface area contributed by atoms with Gasteiger partial charge < -0.3 is 10.6 Å². The fraction of sp³-hybridized carbons (Fsp3) is 0.0909. The van der Waals surface area contributed by atoms with E-state index >= 15 is 0 Å². The zero-order chi connectivity index (χ0) is 21.4. The molecule has 152 valence electrons. The Labute approximate surface area is 175 Å². The molecule has 0 radical (unpaired) electrons. The van der Waals surface area contributed by atoms with Gasteiger partial charge in [0.25, 0.3) is 10.0 Å². The lowest BCUT2D eigenvalue weighted by Crippen LogP contribution is -2.14. The van der Waals surface area contributed by atoms with Crippen LogP contribution in [-0.2, 0) is 16.4 Å². The Morgan fingerprint density at radius 2 is 1.83 bits per heavy atom. The quantitative estimate of drug-likeness (QED) is 0.329. The van der Waals surface area contributed by atoms with E-state index in [2.05, 4.69) is 9.82 Å². The highest BCUT2D eigenvalue weighted by molar-refractivity contribution is 7.92. The zero-order valence-electron chi connectivity index (χ0n) is 16.0. The molecule has 3 aromatic rings. The SMILES string of the molecule is N#Cc1ccccc1S(=O)(=O)Nc1cccc(OCCc2ccc(C=NN)cc2)c1. The van der Waals surface area contributed by atoms with Crippen LogP contribution in [0, 0.1) is 11.3 Å². The van der Waals surface area contributed by atoms with Crippen molar-refractivity contribution in [2.24, 2.45) is 10.9 Å². The van der Waals surface area contributed by atoms with E-state index < -0.39 is 10.0 Å². The van der Waals surface area contributed by atoms with Gasteiger partial charge in [-0.3, -0.25) is 4.72 Å². The second kappa shape index (κ2) is 9.58. The molecule has 0 fully saturated rings. The highest BCUT2D eigenvalue weighted by atomic mass is 32.2. The lowest BCUT2D eigenvalue weighted by molar-refractivity contribution is 0.322. The molecule has 0 unspecified atom stereocenters. The van der Waals surface area contributed by atoms with E-state index in [0.29, 0.717) is 24.5 Å². The monoisotopic (exact) mass is 420 g/mol. The first-order valence-electron chi connectivity index (χ1n) is 9.09. The molecular formula is C22H20N4O3S. The molecule has 8 heteroatoms. The van der Waals surface area contributed by atoms with Crippen LogP contribution in [0.2, 0.25) is 0 Å². The normalized spacial score (nSPS) is 11.2. The zero-order valence-corrected chi connectivity index (χ0v) is 16.8. The van der Waals surface area contributed by atoms with Gasteiger partial charge in [0.2, 0.25) is 0 Å². The number of hydrogen-bond donors (Lipinski definition) is 2. The Kier molecular flexibility index (Phi) is 6.67. The number of nitriles is 1. The molecule has 0 saturated carbocycles. The fourth-order valence-corrected chi connectivity index (χ4v) is 4.00. The van der Waals surface area contributed by atoms with Crippen LogP contribution in [0.15, 0.2) is 82.8 Å². The third-order valence-electron chi connectivity index (χ3n) is 4.25. The number of hydrogen-bond acceptors (Lipinski definition) is 6. The second-order valence-electron chi connectivity index (χ2n) is 6.36. The number of sulfonamides is 1. The Balaban J connectivity index is 1.64. The molecule has 0 bridgehead atoms. The van der Waals surface area contributed by atoms with Crippen molar-refractivity contribution in [1.82, 2.24) is 0 Å². The maximum atomic E-state index is 12.6. The van der Waals surface area contributed by atoms with Crippen LogP contribution in [0.25, 0.3) is 0 Å². The number of rotatable bonds is 8. The molecule has 0 atom stereocenters. The van der Waals surface area contributed by atoms with E-state index in [-0.39, 0.29) is 10.5 Å². The maximum absolute atomic E-state index is 12.6. The van der Waals surface area contributed by atoms with E-state index in [1.807, 2.05) is 30.3 Å². The lowest BCUT2D eigenvalue weighted by atomic mass is 10.1. The van der Waals surface area contributed by atoms with Crippen molar-refractivity contribution in [3.63, 3.8) is 0 Å². The molecule has 3 rings (SSSR count). The van der Waals surface area contributed by atoms with Gasteiger partial charge in [-0.2, -0.15) is 10.4 Å². The van der Waals surface area contributed by atoms with Crippen LogP contribution < -0.4 is 15.3 Å². The Morgan fingerprint density at radius 3 is 2.57 bits per heavy atom. The van der Waals surface area contributed by atoms with Crippen molar-refractivity contribution < 1.29 is 13.2 Å². The lowest BCUT2D eigenvalue weighted by Gasteiger charge is -2.11. The summed E-state index contributed by atoms with van der Waals surface area (Å²) in [4.78, 5) is -0.0676. The largest absolute Gasteiger partial charge is 0.493 e. The first-order chi connectivity index (χ1) is 14.5. The summed E-state index contributed by atoms with van der Waals surface area (Å²) in [5.41, 5.74) is 2.45. The van der Waals surface area contributed by atoms with E-state index in [9.17, 15) is 8.42 Å². The Bertz CT molecular complexity index is 1180. The number of benzene rings is 3. The summed E-state index contributed by atoms with van der Waals surface area (Å²) < 4.78 is 33.5. The average molecular weight is 420 g/mol. The maximum Gasteiger partial charge on any atom is 0.263 e. The van der Waals surface area contributed by atoms with Gasteiger partial charge in [-0.1, -0.05) is 42.5 Å². The highest BCUT2D eigenvalue weighted by Gasteiger charge is 2.18. The minimum atomic E-state index is -3.89. The van der Waals surface area contributed by atoms with Crippen molar-refractivity contribution in [3.05, 3.63) is 89.5 Å². The summed E-state index contributed by atoms with van der Waals surface area (Å²) in [6.07, 6.45) is 2.26. The summed E-state index contributed by atoms with van der Waals surface area (Å²) in [5, 5.41) is 12.6. The first kappa shape index (κ1) is 20.9. The summed E-state index contributed by atoms with van der Waals surface area (Å²) in [5.74, 6) is 5.67. The molecule has 0 aliphatic carbocycles. The van der Waals surface area contributed by atoms with Gasteiger partial charge in [-0.15, -0.1) is 0 Å². The number of hydrazone groups is 1. The molecule has 0 amide bonds. The van der Waals surface area contributed by atoms with Crippen molar-refractivity contribution in [3.8, 4) is 11.8 Å². The number of nitrogens with one attached hydrogen (secondary N) is 1. The van der Waals surface area contributed by atoms with Crippen LogP contribution in [0.4, 0.5) is 5.69 Å². The van der Waals surface area contributed by atoms with Gasteiger partial charge in [0.15, 0.2) is 0 Å². The molecule has 0 aliphatic heterocycles. The van der Waals surface area contributed by atoms with Crippen molar-refractivity contribution >= 4 is 21.9 Å². The van der Waals surface area contributed by atoms with E-state index in [4.69, 9.17) is 15.8 Å². The second-order valence-corrected chi connectivity index (χ2v) is 8.01. The highest BCUT2D eigenvalue weighted by Crippen LogP contribution is 2.22. The van der Waals surface area contributed by atoms with E-state index in [1.54, 1.807) is 42.6 Å². The van der Waals surface area contributed by atoms with Crippen LogP contribution in [0.1, 0.15) is 16.7 Å². The average Bonchev–Trinajstić information content (AvgIpc) is 2.75. The summed E-state index contributed by atoms with van der Waals surface area (Å²) in [7, 11) is -3.89. The van der Waals surface area contributed by atoms with Gasteiger partial charge >= 0.3 is 0 Å². The molecule has 0 aliphatic rings. The molecule has 3 aromatic carbocycles. The van der Waals surface area contributed by atoms with Crippen LogP contribution >= 0.6 is 0 Å². The van der Waals surface area contributed by atoms with E-state index in [0.717, 1.165) is 11.1 Å². The number of anilines is 1. The first-order valence-corrected chi connectivity index (χ1v) is 10.6. The molecule has 3 N–H and O–H groups in total. The summed E-state index contributed by atoms with van der Waals surface area (Å²) in [6, 6.07) is 22.4. The van der Waals surface area contributed by atoms with Crippen molar-refractivity contribution in [2.45, 2.75) is 11.3 Å². The van der Waals surface area contributed by atoms with Crippen LogP contribution in [-0.4, -0.2) is 21.2 Å². The van der Waals surface area contributed by atoms with Gasteiger partial charge in [-0.05, 0) is 35.4 Å². The van der Waals surface area contributed by atoms with Gasteiger partial charge in [0.1, 0.15) is 16.7 Å². The minimum Gasteiger partial charge on any atom is -0.493 e. The predicted octanol–water partition coefficient (Wildman–Crippen LogP) is 3.27. The predicted molar refractivity (Wildman–Crippen MR) is 116 cm³/mol. The Morgan fingerprint density at radius 1 is 1.07 bits per heavy atom. The minimum absolute atomic E-state index is 0.0676. The third-order valence-corrected chi connectivity index (χ3v) is 5.69. The summed E-state index contributed by atoms with van der Waals surface area (Å²) >= 11 is 0. The molecule has 30 heavy (non-hydrogen) atoms. The molecule has 0 heterocycles. The van der Waals surface area contributed by atoms with Gasteiger partial charge in [0.05, 0.1) is 24.1 Å². The fourth-order valence-electron chi connectivity index (χ4n) is 2.80. The summed E-state index contributed by atoms with van der Waals surface area (Å²) in [6.45, 7) is 0.428. The standard InChI is InChI=1S/C22H20N4O3S/c23-15-19-4-1-2-7-22(19)30(27,28)26-20-5-3-6-21(14-20)29-13-12-17-8-10-18(11-9-17)16-25-24/h1-11,14,16,26H,12-13,24H2. The van der Waals surface area contributed by atoms with E-state index in [1.165, 1.54) is 12.1 Å². The van der Waals surface area contributed by atoms with Gasteiger partial charge in [0, 0.05) is 12.5 Å². The Hall–Kier alpha value is -3.83. The molecule has 0 aromatic heterocycles.